The first-order valence-electron chi connectivity index (χ1n) is 4.50. The summed E-state index contributed by atoms with van der Waals surface area (Å²) in [5.41, 5.74) is 1.74. The number of aliphatic carboxylic acids is 1. The van der Waals surface area contributed by atoms with Crippen molar-refractivity contribution in [1.29, 1.82) is 0 Å². The molecule has 1 N–H and O–H groups in total. The monoisotopic (exact) mass is 287 g/mol. The topological polar surface area (TPSA) is 80.4 Å². The lowest BCUT2D eigenvalue weighted by Crippen LogP contribution is -2.04. The van der Waals surface area contributed by atoms with Gasteiger partial charge in [-0.1, -0.05) is 15.9 Å². The molecule has 0 unspecified atom stereocenters. The number of hydrogen-bond donors (Lipinski definition) is 1. The molecule has 0 atom stereocenters. The van der Waals surface area contributed by atoms with E-state index < -0.39 is 10.9 Å². The molecule has 0 heterocycles. The molecule has 1 aromatic rings. The first-order chi connectivity index (χ1) is 7.45. The maximum atomic E-state index is 10.7. The van der Waals surface area contributed by atoms with Crippen LogP contribution in [0.15, 0.2) is 12.1 Å². The summed E-state index contributed by atoms with van der Waals surface area (Å²) in [6.45, 7) is 1.67. The fraction of sp³-hybridized carbons (Fsp3) is 0.300. The number of halogens is 1. The molecule has 0 radical (unpaired) electrons. The van der Waals surface area contributed by atoms with Crippen LogP contribution >= 0.6 is 15.9 Å². The van der Waals surface area contributed by atoms with Crippen molar-refractivity contribution in [2.24, 2.45) is 0 Å². The number of nitro benzene ring substituents is 1. The average Bonchev–Trinajstić information content (AvgIpc) is 2.19. The van der Waals surface area contributed by atoms with Gasteiger partial charge < -0.3 is 5.11 Å². The van der Waals surface area contributed by atoms with Crippen LogP contribution in [0.5, 0.6) is 0 Å². The van der Waals surface area contributed by atoms with E-state index in [9.17, 15) is 14.9 Å². The molecule has 1 rings (SSSR count). The minimum Gasteiger partial charge on any atom is -0.481 e. The van der Waals surface area contributed by atoms with Gasteiger partial charge in [-0.2, -0.15) is 0 Å². The van der Waals surface area contributed by atoms with Crippen LogP contribution in [-0.4, -0.2) is 16.0 Å². The summed E-state index contributed by atoms with van der Waals surface area (Å²) >= 11 is 3.15. The fourth-order valence-corrected chi connectivity index (χ4v) is 1.87. The Bertz CT molecular complexity index is 445. The molecule has 0 amide bonds. The van der Waals surface area contributed by atoms with Gasteiger partial charge >= 0.3 is 5.97 Å². The Labute approximate surface area is 100 Å². The molecule has 0 aliphatic carbocycles. The summed E-state index contributed by atoms with van der Waals surface area (Å²) in [6.07, 6.45) is -0.121. The Morgan fingerprint density at radius 1 is 1.50 bits per heavy atom. The molecular weight excluding hydrogens is 278 g/mol. The Balaban J connectivity index is 3.25. The van der Waals surface area contributed by atoms with E-state index in [1.54, 1.807) is 13.0 Å². The number of nitro groups is 1. The Morgan fingerprint density at radius 2 is 2.12 bits per heavy atom. The smallest absolute Gasteiger partial charge is 0.307 e. The van der Waals surface area contributed by atoms with Gasteiger partial charge in [0.15, 0.2) is 0 Å². The second kappa shape index (κ2) is 5.07. The summed E-state index contributed by atoms with van der Waals surface area (Å²) in [7, 11) is 0. The standard InChI is InChI=1S/C10H10BrNO4/c1-6-2-9(12(15)16)8(5-11)3-7(6)4-10(13)14/h2-3H,4-5H2,1H3,(H,13,14). The number of hydrogen-bond acceptors (Lipinski definition) is 3. The number of carboxylic acids is 1. The van der Waals surface area contributed by atoms with E-state index in [2.05, 4.69) is 15.9 Å². The quantitative estimate of drug-likeness (QED) is 0.524. The third kappa shape index (κ3) is 2.79. The molecule has 1 aromatic carbocycles. The van der Waals surface area contributed by atoms with Crippen molar-refractivity contribution in [3.8, 4) is 0 Å². The summed E-state index contributed by atoms with van der Waals surface area (Å²) in [6, 6.07) is 2.98. The molecule has 0 bridgehead atoms. The predicted octanol–water partition coefficient (Wildman–Crippen LogP) is 2.43. The number of rotatable bonds is 4. The zero-order valence-corrected chi connectivity index (χ0v) is 10.2. The van der Waals surface area contributed by atoms with Gasteiger partial charge in [-0.05, 0) is 24.1 Å². The highest BCUT2D eigenvalue weighted by Crippen LogP contribution is 2.25. The fourth-order valence-electron chi connectivity index (χ4n) is 1.42. The minimum atomic E-state index is -0.947. The van der Waals surface area contributed by atoms with Crippen molar-refractivity contribution in [2.75, 3.05) is 0 Å². The van der Waals surface area contributed by atoms with Gasteiger partial charge in [0.1, 0.15) is 0 Å². The van der Waals surface area contributed by atoms with Crippen LogP contribution in [0.4, 0.5) is 5.69 Å². The van der Waals surface area contributed by atoms with Gasteiger partial charge in [0.2, 0.25) is 0 Å². The molecule has 16 heavy (non-hydrogen) atoms. The zero-order valence-electron chi connectivity index (χ0n) is 8.57. The van der Waals surface area contributed by atoms with E-state index in [4.69, 9.17) is 5.11 Å². The molecule has 86 valence electrons. The molecular formula is C10H10BrNO4. The highest BCUT2D eigenvalue weighted by Gasteiger charge is 2.16. The van der Waals surface area contributed by atoms with Crippen LogP contribution in [0.3, 0.4) is 0 Å². The highest BCUT2D eigenvalue weighted by atomic mass is 79.9. The van der Waals surface area contributed by atoms with Gasteiger partial charge in [0.05, 0.1) is 11.3 Å². The second-order valence-electron chi connectivity index (χ2n) is 3.37. The average molecular weight is 288 g/mol. The first-order valence-corrected chi connectivity index (χ1v) is 5.62. The first kappa shape index (κ1) is 12.6. The van der Waals surface area contributed by atoms with Crippen LogP contribution in [0, 0.1) is 17.0 Å². The largest absolute Gasteiger partial charge is 0.481 e. The molecule has 0 spiro atoms. The van der Waals surface area contributed by atoms with Gasteiger partial charge in [-0.15, -0.1) is 0 Å². The third-order valence-electron chi connectivity index (χ3n) is 2.22. The number of alkyl halides is 1. The maximum Gasteiger partial charge on any atom is 0.307 e. The lowest BCUT2D eigenvalue weighted by Gasteiger charge is -2.06. The third-order valence-corrected chi connectivity index (χ3v) is 2.82. The van der Waals surface area contributed by atoms with E-state index >= 15 is 0 Å². The van der Waals surface area contributed by atoms with Crippen LogP contribution in [0.2, 0.25) is 0 Å². The Hall–Kier alpha value is -1.43. The van der Waals surface area contributed by atoms with E-state index in [0.29, 0.717) is 22.0 Å². The Morgan fingerprint density at radius 3 is 2.56 bits per heavy atom. The summed E-state index contributed by atoms with van der Waals surface area (Å²) < 4.78 is 0. The predicted molar refractivity (Wildman–Crippen MR) is 61.8 cm³/mol. The number of carboxylic acid groups (broad SMARTS) is 1. The molecule has 0 saturated heterocycles. The van der Waals surface area contributed by atoms with Crippen molar-refractivity contribution in [3.63, 3.8) is 0 Å². The van der Waals surface area contributed by atoms with E-state index in [1.807, 2.05) is 0 Å². The van der Waals surface area contributed by atoms with E-state index in [1.165, 1.54) is 6.07 Å². The number of aryl methyl sites for hydroxylation is 1. The summed E-state index contributed by atoms with van der Waals surface area (Å²) in [5.74, 6) is -0.947. The van der Waals surface area contributed by atoms with Gasteiger partial charge in [-0.3, -0.25) is 14.9 Å². The van der Waals surface area contributed by atoms with Crippen LogP contribution < -0.4 is 0 Å². The lowest BCUT2D eigenvalue weighted by molar-refractivity contribution is -0.385. The van der Waals surface area contributed by atoms with Crippen LogP contribution in [-0.2, 0) is 16.5 Å². The molecule has 5 nitrogen and oxygen atoms in total. The number of nitrogens with zero attached hydrogens (tertiary/aromatic N) is 1. The van der Waals surface area contributed by atoms with Gasteiger partial charge in [-0.25, -0.2) is 0 Å². The van der Waals surface area contributed by atoms with Crippen molar-refractivity contribution >= 4 is 27.6 Å². The molecule has 6 heteroatoms. The van der Waals surface area contributed by atoms with Crippen LogP contribution in [0.1, 0.15) is 16.7 Å². The summed E-state index contributed by atoms with van der Waals surface area (Å²) in [4.78, 5) is 20.9. The summed E-state index contributed by atoms with van der Waals surface area (Å²) in [5, 5.41) is 19.8. The lowest BCUT2D eigenvalue weighted by atomic mass is 10.0. The van der Waals surface area contributed by atoms with Crippen molar-refractivity contribution in [1.82, 2.24) is 0 Å². The molecule has 0 saturated carbocycles. The minimum absolute atomic E-state index is 0.0171. The zero-order chi connectivity index (χ0) is 12.3. The SMILES string of the molecule is Cc1cc([N+](=O)[O-])c(CBr)cc1CC(=O)O. The normalized spacial score (nSPS) is 10.1. The molecule has 0 aromatic heterocycles. The van der Waals surface area contributed by atoms with Crippen LogP contribution in [0.25, 0.3) is 0 Å². The van der Waals surface area contributed by atoms with E-state index in [0.717, 1.165) is 0 Å². The molecule has 0 aliphatic heterocycles. The van der Waals surface area contributed by atoms with Gasteiger partial charge in [0.25, 0.3) is 5.69 Å². The van der Waals surface area contributed by atoms with Crippen molar-refractivity contribution in [3.05, 3.63) is 38.9 Å². The number of carbonyl (C=O) groups is 1. The maximum absolute atomic E-state index is 10.7. The Kier molecular flexibility index (Phi) is 4.00. The molecule has 0 aliphatic rings. The number of benzene rings is 1. The second-order valence-corrected chi connectivity index (χ2v) is 3.93. The van der Waals surface area contributed by atoms with Gasteiger partial charge in [0, 0.05) is 17.0 Å². The molecule has 0 fully saturated rings. The van der Waals surface area contributed by atoms with Crippen molar-refractivity contribution < 1.29 is 14.8 Å². The highest BCUT2D eigenvalue weighted by molar-refractivity contribution is 9.08. The van der Waals surface area contributed by atoms with E-state index in [-0.39, 0.29) is 12.1 Å². The van der Waals surface area contributed by atoms with Crippen molar-refractivity contribution in [2.45, 2.75) is 18.7 Å².